The lowest BCUT2D eigenvalue weighted by atomic mass is 10.0. The van der Waals surface area contributed by atoms with Crippen LogP contribution in [0.25, 0.3) is 22.3 Å². The van der Waals surface area contributed by atoms with Gasteiger partial charge in [0.15, 0.2) is 0 Å². The fourth-order valence-corrected chi connectivity index (χ4v) is 4.12. The number of pyridine rings is 1. The smallest absolute Gasteiger partial charge is 0.306 e. The maximum atomic E-state index is 13.3. The molecule has 3 heterocycles. The van der Waals surface area contributed by atoms with Crippen molar-refractivity contribution in [2.45, 2.75) is 38.8 Å². The van der Waals surface area contributed by atoms with Crippen molar-refractivity contribution in [2.75, 3.05) is 0 Å². The van der Waals surface area contributed by atoms with Gasteiger partial charge in [0.05, 0.1) is 12.5 Å². The number of rotatable bonds is 10. The van der Waals surface area contributed by atoms with Crippen molar-refractivity contribution in [3.63, 3.8) is 0 Å². The van der Waals surface area contributed by atoms with Gasteiger partial charge in [0.1, 0.15) is 11.9 Å². The highest BCUT2D eigenvalue weighted by atomic mass is 16.4. The Hall–Kier alpha value is -4.20. The number of amides is 1. The van der Waals surface area contributed by atoms with Crippen LogP contribution in [0, 0.1) is 5.92 Å². The van der Waals surface area contributed by atoms with Gasteiger partial charge in [-0.1, -0.05) is 38.1 Å². The number of carboxylic acid groups (broad SMARTS) is 1. The third-order valence-corrected chi connectivity index (χ3v) is 5.85. The van der Waals surface area contributed by atoms with E-state index in [1.807, 2.05) is 48.7 Å². The van der Waals surface area contributed by atoms with Gasteiger partial charge in [0, 0.05) is 37.2 Å². The molecule has 1 amide bonds. The molecule has 4 aromatic rings. The third-order valence-electron chi connectivity index (χ3n) is 5.85. The normalized spacial score (nSPS) is 12.9. The summed E-state index contributed by atoms with van der Waals surface area (Å²) in [4.78, 5) is 36.3. The SMILES string of the molecule is CC(C)CC(NC(=O)C(CC(=O)O)n1ccc(-c2ccc(-c3ccncc3)cc2)c1)c1ncc[nH]1. The molecule has 8 nitrogen and oxygen atoms in total. The highest BCUT2D eigenvalue weighted by Crippen LogP contribution is 2.27. The van der Waals surface area contributed by atoms with Gasteiger partial charge in [-0.25, -0.2) is 4.98 Å². The lowest BCUT2D eigenvalue weighted by Crippen LogP contribution is -2.37. The summed E-state index contributed by atoms with van der Waals surface area (Å²) in [5, 5.41) is 12.5. The number of H-pyrrole nitrogens is 1. The number of benzene rings is 1. The fraction of sp³-hybridized carbons (Fsp3) is 0.259. The molecule has 8 heteroatoms. The second kappa shape index (κ2) is 10.8. The van der Waals surface area contributed by atoms with Gasteiger partial charge < -0.3 is 20.0 Å². The molecule has 0 radical (unpaired) electrons. The van der Waals surface area contributed by atoms with Crippen molar-refractivity contribution >= 4 is 11.9 Å². The van der Waals surface area contributed by atoms with Crippen LogP contribution in [0.15, 0.2) is 79.6 Å². The second-order valence-corrected chi connectivity index (χ2v) is 8.94. The van der Waals surface area contributed by atoms with E-state index in [1.54, 1.807) is 35.6 Å². The fourth-order valence-electron chi connectivity index (χ4n) is 4.12. The van der Waals surface area contributed by atoms with Crippen molar-refractivity contribution in [1.82, 2.24) is 24.8 Å². The average molecular weight is 472 g/mol. The topological polar surface area (TPSA) is 113 Å². The van der Waals surface area contributed by atoms with E-state index in [2.05, 4.69) is 34.1 Å². The van der Waals surface area contributed by atoms with E-state index in [-0.39, 0.29) is 18.4 Å². The molecule has 0 aliphatic rings. The van der Waals surface area contributed by atoms with Crippen molar-refractivity contribution in [2.24, 2.45) is 5.92 Å². The Labute approximate surface area is 204 Å². The minimum absolute atomic E-state index is 0.316. The molecule has 1 aromatic carbocycles. The van der Waals surface area contributed by atoms with E-state index in [0.29, 0.717) is 18.2 Å². The Bertz CT molecular complexity index is 1250. The highest BCUT2D eigenvalue weighted by Gasteiger charge is 2.27. The number of nitrogens with zero attached hydrogens (tertiary/aromatic N) is 3. The van der Waals surface area contributed by atoms with Crippen LogP contribution < -0.4 is 5.32 Å². The maximum absolute atomic E-state index is 13.3. The van der Waals surface area contributed by atoms with Gasteiger partial charge >= 0.3 is 5.97 Å². The number of aromatic nitrogens is 4. The Morgan fingerprint density at radius 3 is 2.23 bits per heavy atom. The lowest BCUT2D eigenvalue weighted by molar-refractivity contribution is -0.140. The number of aromatic amines is 1. The number of hydrogen-bond donors (Lipinski definition) is 3. The molecule has 2 atom stereocenters. The van der Waals surface area contributed by atoms with Gasteiger partial charge in [0.25, 0.3) is 0 Å². The van der Waals surface area contributed by atoms with Crippen molar-refractivity contribution in [3.05, 3.63) is 85.5 Å². The van der Waals surface area contributed by atoms with Crippen LogP contribution in [0.1, 0.15) is 44.6 Å². The molecule has 0 aliphatic carbocycles. The first kappa shape index (κ1) is 23.9. The monoisotopic (exact) mass is 471 g/mol. The summed E-state index contributed by atoms with van der Waals surface area (Å²) in [6.07, 6.45) is 10.8. The first-order chi connectivity index (χ1) is 16.9. The number of carbonyl (C=O) groups is 2. The number of nitrogens with one attached hydrogen (secondary N) is 2. The highest BCUT2D eigenvalue weighted by molar-refractivity contribution is 5.85. The number of imidazole rings is 1. The molecular weight excluding hydrogens is 442 g/mol. The van der Waals surface area contributed by atoms with E-state index in [4.69, 9.17) is 0 Å². The van der Waals surface area contributed by atoms with Gasteiger partial charge in [0.2, 0.25) is 5.91 Å². The van der Waals surface area contributed by atoms with E-state index < -0.39 is 12.0 Å². The Morgan fingerprint density at radius 2 is 1.63 bits per heavy atom. The maximum Gasteiger partial charge on any atom is 0.306 e. The van der Waals surface area contributed by atoms with Gasteiger partial charge in [-0.05, 0) is 52.8 Å². The minimum Gasteiger partial charge on any atom is -0.481 e. The summed E-state index contributed by atoms with van der Waals surface area (Å²) >= 11 is 0. The van der Waals surface area contributed by atoms with Crippen LogP contribution in [0.5, 0.6) is 0 Å². The zero-order valence-corrected chi connectivity index (χ0v) is 19.8. The van der Waals surface area contributed by atoms with E-state index >= 15 is 0 Å². The number of carbonyl (C=O) groups excluding carboxylic acids is 1. The zero-order chi connectivity index (χ0) is 24.8. The summed E-state index contributed by atoms with van der Waals surface area (Å²) in [5.74, 6) is -0.426. The summed E-state index contributed by atoms with van der Waals surface area (Å²) in [6, 6.07) is 12.7. The van der Waals surface area contributed by atoms with Crippen molar-refractivity contribution in [1.29, 1.82) is 0 Å². The molecule has 0 saturated heterocycles. The van der Waals surface area contributed by atoms with Crippen LogP contribution in [0.4, 0.5) is 0 Å². The van der Waals surface area contributed by atoms with Crippen molar-refractivity contribution in [3.8, 4) is 22.3 Å². The molecule has 0 saturated carbocycles. The number of hydrogen-bond acceptors (Lipinski definition) is 4. The molecule has 0 spiro atoms. The largest absolute Gasteiger partial charge is 0.481 e. The van der Waals surface area contributed by atoms with Crippen LogP contribution in [-0.2, 0) is 9.59 Å². The summed E-state index contributed by atoms with van der Waals surface area (Å²) in [6.45, 7) is 4.13. The van der Waals surface area contributed by atoms with Crippen LogP contribution in [0.3, 0.4) is 0 Å². The Kier molecular flexibility index (Phi) is 7.40. The standard InChI is InChI=1S/C27H29N5O3/c1-18(2)15-23(26-29-12-13-30-26)31-27(35)24(16-25(33)34)32-14-9-22(17-32)20-5-3-19(4-6-20)21-7-10-28-11-8-21/h3-14,17-18,23-24H,15-16H2,1-2H3,(H,29,30)(H,31,35)(H,33,34). The molecular formula is C27H29N5O3. The molecule has 0 aliphatic heterocycles. The Balaban J connectivity index is 1.54. The number of carboxylic acids is 1. The molecule has 3 aromatic heterocycles. The quantitative estimate of drug-likeness (QED) is 0.306. The first-order valence-corrected chi connectivity index (χ1v) is 11.6. The van der Waals surface area contributed by atoms with Gasteiger partial charge in [-0.15, -0.1) is 0 Å². The van der Waals surface area contributed by atoms with Gasteiger partial charge in [-0.3, -0.25) is 14.6 Å². The summed E-state index contributed by atoms with van der Waals surface area (Å²) < 4.78 is 1.67. The average Bonchev–Trinajstić information content (AvgIpc) is 3.55. The third kappa shape index (κ3) is 6.03. The van der Waals surface area contributed by atoms with E-state index in [0.717, 1.165) is 22.3 Å². The van der Waals surface area contributed by atoms with Gasteiger partial charge in [-0.2, -0.15) is 0 Å². The molecule has 0 fully saturated rings. The predicted molar refractivity (Wildman–Crippen MR) is 133 cm³/mol. The zero-order valence-electron chi connectivity index (χ0n) is 19.8. The Morgan fingerprint density at radius 1 is 0.971 bits per heavy atom. The minimum atomic E-state index is -1.04. The van der Waals surface area contributed by atoms with Crippen LogP contribution in [0.2, 0.25) is 0 Å². The summed E-state index contributed by atoms with van der Waals surface area (Å²) in [7, 11) is 0. The molecule has 0 bridgehead atoms. The molecule has 4 rings (SSSR count). The van der Waals surface area contributed by atoms with E-state index in [9.17, 15) is 14.7 Å². The first-order valence-electron chi connectivity index (χ1n) is 11.6. The molecule has 2 unspecified atom stereocenters. The van der Waals surface area contributed by atoms with Crippen molar-refractivity contribution < 1.29 is 14.7 Å². The van der Waals surface area contributed by atoms with Crippen LogP contribution >= 0.6 is 0 Å². The predicted octanol–water partition coefficient (Wildman–Crippen LogP) is 4.86. The number of aliphatic carboxylic acids is 1. The molecule has 180 valence electrons. The molecule has 35 heavy (non-hydrogen) atoms. The molecule has 3 N–H and O–H groups in total. The summed E-state index contributed by atoms with van der Waals surface area (Å²) in [5.41, 5.74) is 4.03. The van der Waals surface area contributed by atoms with Crippen LogP contribution in [-0.4, -0.2) is 36.5 Å². The second-order valence-electron chi connectivity index (χ2n) is 8.94. The van der Waals surface area contributed by atoms with E-state index in [1.165, 1.54) is 0 Å². The lowest BCUT2D eigenvalue weighted by Gasteiger charge is -2.23.